The fourth-order valence-corrected chi connectivity index (χ4v) is 5.09. The van der Waals surface area contributed by atoms with E-state index in [0.29, 0.717) is 11.1 Å². The Kier molecular flexibility index (Phi) is 17.5. The maximum atomic E-state index is 13.5. The maximum Gasteiger partial charge on any atom is 0.339 e. The van der Waals surface area contributed by atoms with Crippen LogP contribution in [0.15, 0.2) is 12.1 Å². The molecule has 0 heterocycles. The normalized spacial score (nSPS) is 12.0. The Hall–Kier alpha value is -1.84. The molecule has 0 aromatic heterocycles. The van der Waals surface area contributed by atoms with Crippen LogP contribution in [0.25, 0.3) is 0 Å². The lowest BCUT2D eigenvalue weighted by molar-refractivity contribution is 0.00175. The molecule has 40 heavy (non-hydrogen) atoms. The van der Waals surface area contributed by atoms with Crippen molar-refractivity contribution in [2.24, 2.45) is 0 Å². The topological polar surface area (TPSA) is 52.6 Å². The van der Waals surface area contributed by atoms with Gasteiger partial charge in [0.2, 0.25) is 0 Å². The first-order valence-corrected chi connectivity index (χ1v) is 16.5. The largest absolute Gasteiger partial charge is 0.456 e. The van der Waals surface area contributed by atoms with Gasteiger partial charge in [0, 0.05) is 0 Å². The monoisotopic (exact) mass is 558 g/mol. The highest BCUT2D eigenvalue weighted by Crippen LogP contribution is 2.27. The van der Waals surface area contributed by atoms with Gasteiger partial charge in [-0.25, -0.2) is 9.59 Å². The average Bonchev–Trinajstić information content (AvgIpc) is 2.84. The molecule has 0 bridgehead atoms. The van der Waals surface area contributed by atoms with Crippen LogP contribution in [0, 0.1) is 0 Å². The molecule has 0 amide bonds. The zero-order chi connectivity index (χ0) is 30.0. The number of esters is 2. The predicted molar refractivity (Wildman–Crippen MR) is 169 cm³/mol. The fraction of sp³-hybridized carbons (Fsp3) is 0.778. The maximum absolute atomic E-state index is 13.5. The van der Waals surface area contributed by atoms with Crippen molar-refractivity contribution in [2.75, 3.05) is 0 Å². The van der Waals surface area contributed by atoms with E-state index in [1.54, 1.807) is 0 Å². The number of carbonyl (C=O) groups excluding carboxylic acids is 2. The Morgan fingerprint density at radius 2 is 0.950 bits per heavy atom. The van der Waals surface area contributed by atoms with E-state index in [-0.39, 0.29) is 0 Å². The summed E-state index contributed by atoms with van der Waals surface area (Å²) in [6.07, 6.45) is 21.6. The first-order valence-electron chi connectivity index (χ1n) is 16.5. The zero-order valence-electron chi connectivity index (χ0n) is 27.5. The lowest BCUT2D eigenvalue weighted by Crippen LogP contribution is -2.29. The van der Waals surface area contributed by atoms with Crippen molar-refractivity contribution in [1.82, 2.24) is 0 Å². The molecule has 0 saturated carbocycles. The van der Waals surface area contributed by atoms with Gasteiger partial charge in [0.25, 0.3) is 0 Å². The fourth-order valence-electron chi connectivity index (χ4n) is 5.09. The molecule has 230 valence electrons. The first-order chi connectivity index (χ1) is 18.9. The smallest absolute Gasteiger partial charge is 0.339 e. The van der Waals surface area contributed by atoms with Crippen LogP contribution >= 0.6 is 0 Å². The number of aryl methyl sites for hydroxylation is 2. The third-order valence-corrected chi connectivity index (χ3v) is 7.12. The number of rotatable bonds is 20. The minimum Gasteiger partial charge on any atom is -0.456 e. The van der Waals surface area contributed by atoms with E-state index in [0.717, 1.165) is 43.2 Å². The Morgan fingerprint density at radius 1 is 0.550 bits per heavy atom. The summed E-state index contributed by atoms with van der Waals surface area (Å²) < 4.78 is 11.6. The van der Waals surface area contributed by atoms with Crippen LogP contribution in [-0.4, -0.2) is 23.1 Å². The van der Waals surface area contributed by atoms with Gasteiger partial charge in [-0.1, -0.05) is 110 Å². The average molecular weight is 559 g/mol. The molecule has 1 rings (SSSR count). The molecule has 0 aliphatic carbocycles. The molecule has 4 nitrogen and oxygen atoms in total. The number of hydrogen-bond donors (Lipinski definition) is 0. The van der Waals surface area contributed by atoms with Gasteiger partial charge in [-0.15, -0.1) is 0 Å². The van der Waals surface area contributed by atoms with Crippen molar-refractivity contribution in [3.63, 3.8) is 0 Å². The molecule has 0 aliphatic heterocycles. The minimum absolute atomic E-state index is 0.357. The van der Waals surface area contributed by atoms with Crippen LogP contribution in [-0.2, 0) is 22.3 Å². The number of ether oxygens (including phenoxy) is 2. The Balaban J connectivity index is 3.12. The highest BCUT2D eigenvalue weighted by Gasteiger charge is 2.29. The molecule has 1 aromatic rings. The summed E-state index contributed by atoms with van der Waals surface area (Å²) >= 11 is 0. The summed E-state index contributed by atoms with van der Waals surface area (Å²) in [5.74, 6) is -0.870. The highest BCUT2D eigenvalue weighted by atomic mass is 16.6. The van der Waals surface area contributed by atoms with E-state index in [4.69, 9.17) is 9.47 Å². The number of hydrogen-bond acceptors (Lipinski definition) is 4. The van der Waals surface area contributed by atoms with Crippen LogP contribution in [0.5, 0.6) is 0 Å². The lowest BCUT2D eigenvalue weighted by atomic mass is 9.91. The van der Waals surface area contributed by atoms with Crippen LogP contribution in [0.4, 0.5) is 0 Å². The highest BCUT2D eigenvalue weighted by molar-refractivity contribution is 6.04. The Labute approximate surface area is 247 Å². The summed E-state index contributed by atoms with van der Waals surface area (Å²) in [4.78, 5) is 26.9. The van der Waals surface area contributed by atoms with E-state index in [9.17, 15) is 9.59 Å². The van der Waals surface area contributed by atoms with Crippen molar-refractivity contribution in [3.8, 4) is 0 Å². The Morgan fingerprint density at radius 3 is 1.40 bits per heavy atom. The van der Waals surface area contributed by atoms with Crippen molar-refractivity contribution in [1.29, 1.82) is 0 Å². The SMILES string of the molecule is CCCCCCCCCCc1cc(CCCCCCCCCC)c(C(=O)OC(C)(C)C)c(C(=O)OC(C)(C)C)c1. The van der Waals surface area contributed by atoms with E-state index in [2.05, 4.69) is 19.9 Å². The van der Waals surface area contributed by atoms with Gasteiger partial charge >= 0.3 is 11.9 Å². The third kappa shape index (κ3) is 16.4. The second-order valence-corrected chi connectivity index (χ2v) is 13.6. The minimum atomic E-state index is -0.645. The zero-order valence-corrected chi connectivity index (χ0v) is 27.5. The standard InChI is InChI=1S/C36H62O4/c1-9-11-13-15-17-19-21-23-25-29-27-30(26-24-22-20-18-16-14-12-10-2)32(34(38)40-36(6,7)8)31(28-29)33(37)39-35(3,4)5/h27-28H,9-26H2,1-8H3. The lowest BCUT2D eigenvalue weighted by Gasteiger charge is -2.24. The van der Waals surface area contributed by atoms with Gasteiger partial charge in [-0.2, -0.15) is 0 Å². The summed E-state index contributed by atoms with van der Waals surface area (Å²) in [5, 5.41) is 0. The van der Waals surface area contributed by atoms with Crippen molar-refractivity contribution < 1.29 is 19.1 Å². The van der Waals surface area contributed by atoms with Gasteiger partial charge in [0.1, 0.15) is 11.2 Å². The summed E-state index contributed by atoms with van der Waals surface area (Å²) in [5.41, 5.74) is 1.51. The molecule has 0 atom stereocenters. The quantitative estimate of drug-likeness (QED) is 0.118. The predicted octanol–water partition coefficient (Wildman–Crippen LogP) is 11.0. The van der Waals surface area contributed by atoms with Crippen molar-refractivity contribution in [2.45, 2.75) is 182 Å². The Bertz CT molecular complexity index is 857. The van der Waals surface area contributed by atoms with Gasteiger partial charge in [-0.05, 0) is 84.4 Å². The van der Waals surface area contributed by atoms with Gasteiger partial charge < -0.3 is 9.47 Å². The number of benzene rings is 1. The van der Waals surface area contributed by atoms with Crippen LogP contribution in [0.1, 0.15) is 190 Å². The summed E-state index contributed by atoms with van der Waals surface area (Å²) in [7, 11) is 0. The van der Waals surface area contributed by atoms with Gasteiger partial charge in [0.15, 0.2) is 0 Å². The molecule has 0 radical (unpaired) electrons. The molecule has 0 fully saturated rings. The van der Waals surface area contributed by atoms with E-state index < -0.39 is 23.1 Å². The van der Waals surface area contributed by atoms with Crippen molar-refractivity contribution >= 4 is 11.9 Å². The molecule has 0 spiro atoms. The van der Waals surface area contributed by atoms with Crippen LogP contribution < -0.4 is 0 Å². The van der Waals surface area contributed by atoms with Crippen molar-refractivity contribution in [3.05, 3.63) is 34.4 Å². The molecule has 1 aromatic carbocycles. The summed E-state index contributed by atoms with van der Waals surface area (Å²) in [6, 6.07) is 4.06. The van der Waals surface area contributed by atoms with Gasteiger partial charge in [0.05, 0.1) is 11.1 Å². The van der Waals surface area contributed by atoms with E-state index in [1.165, 1.54) is 83.5 Å². The van der Waals surface area contributed by atoms with Gasteiger partial charge in [-0.3, -0.25) is 0 Å². The molecule has 0 unspecified atom stereocenters. The number of carbonyl (C=O) groups is 2. The molecule has 0 aliphatic rings. The molecule has 0 N–H and O–H groups in total. The second-order valence-electron chi connectivity index (χ2n) is 13.6. The van der Waals surface area contributed by atoms with Crippen LogP contribution in [0.3, 0.4) is 0 Å². The summed E-state index contributed by atoms with van der Waals surface area (Å²) in [6.45, 7) is 15.7. The van der Waals surface area contributed by atoms with Crippen LogP contribution in [0.2, 0.25) is 0 Å². The first kappa shape index (κ1) is 36.2. The number of unbranched alkanes of at least 4 members (excludes halogenated alkanes) is 14. The van der Waals surface area contributed by atoms with E-state index >= 15 is 0 Å². The molecule has 0 saturated heterocycles. The third-order valence-electron chi connectivity index (χ3n) is 7.12. The molecular weight excluding hydrogens is 496 g/mol. The second kappa shape index (κ2) is 19.3. The molecular formula is C36H62O4. The molecule has 4 heteroatoms. The van der Waals surface area contributed by atoms with E-state index in [1.807, 2.05) is 47.6 Å².